The van der Waals surface area contributed by atoms with Crippen molar-refractivity contribution in [2.24, 2.45) is 0 Å². The number of rotatable bonds is 9. The number of pyridine rings is 1. The second-order valence-electron chi connectivity index (χ2n) is 9.24. The van der Waals surface area contributed by atoms with Gasteiger partial charge in [0.1, 0.15) is 5.82 Å². The highest BCUT2D eigenvalue weighted by Gasteiger charge is 2.51. The number of anilines is 1. The summed E-state index contributed by atoms with van der Waals surface area (Å²) in [5.41, 5.74) is 1.67. The highest BCUT2D eigenvalue weighted by atomic mass is 32.2. The van der Waals surface area contributed by atoms with E-state index >= 15 is 0 Å². The van der Waals surface area contributed by atoms with Gasteiger partial charge in [0.25, 0.3) is 0 Å². The molecular formula is C26H28N4O5S. The van der Waals surface area contributed by atoms with Crippen LogP contribution in [0.5, 0.6) is 11.5 Å². The van der Waals surface area contributed by atoms with Crippen molar-refractivity contribution in [1.82, 2.24) is 14.6 Å². The fraction of sp³-hybridized carbons (Fsp3) is 0.308. The fourth-order valence-corrected chi connectivity index (χ4v) is 5.18. The molecule has 1 fully saturated rings. The molecule has 3 aromatic rings. The lowest BCUT2D eigenvalue weighted by Gasteiger charge is -2.16. The Balaban J connectivity index is 1.29. The van der Waals surface area contributed by atoms with Gasteiger partial charge in [-0.05, 0) is 68.9 Å². The number of aromatic nitrogens is 1. The molecule has 1 aliphatic heterocycles. The van der Waals surface area contributed by atoms with Crippen molar-refractivity contribution in [3.05, 3.63) is 66.2 Å². The number of amides is 1. The molecule has 0 unspecified atom stereocenters. The molecule has 2 heterocycles. The maximum atomic E-state index is 13.2. The Kier molecular flexibility index (Phi) is 6.42. The van der Waals surface area contributed by atoms with E-state index in [0.717, 1.165) is 24.0 Å². The van der Waals surface area contributed by atoms with E-state index in [9.17, 15) is 13.2 Å². The lowest BCUT2D eigenvalue weighted by Crippen LogP contribution is -2.31. The van der Waals surface area contributed by atoms with Crippen molar-refractivity contribution in [1.29, 1.82) is 0 Å². The minimum atomic E-state index is -3.59. The number of benzene rings is 2. The minimum absolute atomic E-state index is 0.115. The SMILES string of the molecule is CN(C)CCNS(=O)(=O)c1ccc(-c2cccc(NC(=O)C3(c4ccc5c(c4)OCO5)CC3)n2)cc1. The first-order chi connectivity index (χ1) is 17.3. The molecule has 9 nitrogen and oxygen atoms in total. The van der Waals surface area contributed by atoms with Crippen LogP contribution < -0.4 is 19.5 Å². The summed E-state index contributed by atoms with van der Waals surface area (Å²) in [6.45, 7) is 1.12. The third kappa shape index (κ3) is 4.92. The van der Waals surface area contributed by atoms with Crippen LogP contribution in [0.25, 0.3) is 11.3 Å². The molecule has 188 valence electrons. The van der Waals surface area contributed by atoms with E-state index in [2.05, 4.69) is 15.0 Å². The van der Waals surface area contributed by atoms with Gasteiger partial charge in [0.2, 0.25) is 22.7 Å². The zero-order valence-corrected chi connectivity index (χ0v) is 21.0. The molecule has 0 saturated heterocycles. The quantitative estimate of drug-likeness (QED) is 0.457. The zero-order valence-electron chi connectivity index (χ0n) is 20.2. The van der Waals surface area contributed by atoms with Gasteiger partial charge in [0.05, 0.1) is 16.0 Å². The van der Waals surface area contributed by atoms with Crippen LogP contribution in [0.15, 0.2) is 65.6 Å². The smallest absolute Gasteiger partial charge is 0.240 e. The van der Waals surface area contributed by atoms with Gasteiger partial charge in [-0.3, -0.25) is 4.79 Å². The summed E-state index contributed by atoms with van der Waals surface area (Å²) in [6, 6.07) is 17.5. The number of nitrogens with zero attached hydrogens (tertiary/aromatic N) is 2. The van der Waals surface area contributed by atoms with Crippen LogP contribution in [0.2, 0.25) is 0 Å². The third-order valence-corrected chi connectivity index (χ3v) is 7.89. The van der Waals surface area contributed by atoms with E-state index in [1.807, 2.05) is 49.3 Å². The van der Waals surface area contributed by atoms with Gasteiger partial charge in [-0.25, -0.2) is 18.1 Å². The zero-order chi connectivity index (χ0) is 25.3. The number of nitrogens with one attached hydrogen (secondary N) is 2. The second kappa shape index (κ2) is 9.53. The van der Waals surface area contributed by atoms with Crippen molar-refractivity contribution in [2.45, 2.75) is 23.2 Å². The van der Waals surface area contributed by atoms with E-state index in [-0.39, 0.29) is 17.6 Å². The van der Waals surface area contributed by atoms with Gasteiger partial charge in [-0.2, -0.15) is 0 Å². The molecule has 1 amide bonds. The van der Waals surface area contributed by atoms with Gasteiger partial charge in [-0.1, -0.05) is 24.3 Å². The Bertz CT molecular complexity index is 1390. The van der Waals surface area contributed by atoms with E-state index in [0.29, 0.717) is 36.1 Å². The second-order valence-corrected chi connectivity index (χ2v) is 11.0. The molecule has 2 aliphatic rings. The number of fused-ring (bicyclic) bond motifs is 1. The number of carbonyl (C=O) groups excluding carboxylic acids is 1. The average molecular weight is 509 g/mol. The number of hydrogen-bond acceptors (Lipinski definition) is 7. The predicted molar refractivity (Wildman–Crippen MR) is 136 cm³/mol. The molecule has 2 N–H and O–H groups in total. The Morgan fingerprint density at radius 3 is 2.50 bits per heavy atom. The van der Waals surface area contributed by atoms with Crippen molar-refractivity contribution < 1.29 is 22.7 Å². The van der Waals surface area contributed by atoms with Crippen LogP contribution in [0.4, 0.5) is 5.82 Å². The third-order valence-electron chi connectivity index (χ3n) is 6.41. The standard InChI is InChI=1S/C26H28N4O5S/c1-30(2)15-14-27-36(32,33)20-9-6-18(7-10-20)21-4-3-5-24(28-21)29-25(31)26(12-13-26)19-8-11-22-23(16-19)35-17-34-22/h3-11,16,27H,12-15,17H2,1-2H3,(H,28,29,31). The highest BCUT2D eigenvalue weighted by molar-refractivity contribution is 7.89. The molecule has 1 aliphatic carbocycles. The highest BCUT2D eigenvalue weighted by Crippen LogP contribution is 2.51. The fourth-order valence-electron chi connectivity index (χ4n) is 4.16. The van der Waals surface area contributed by atoms with Gasteiger partial charge >= 0.3 is 0 Å². The predicted octanol–water partition coefficient (Wildman–Crippen LogP) is 2.99. The molecular weight excluding hydrogens is 480 g/mol. The monoisotopic (exact) mass is 508 g/mol. The number of likely N-dealkylation sites (N-methyl/N-ethyl adjacent to an activating group) is 1. The number of sulfonamides is 1. The van der Waals surface area contributed by atoms with E-state index in [1.54, 1.807) is 30.3 Å². The largest absolute Gasteiger partial charge is 0.454 e. The molecule has 0 atom stereocenters. The van der Waals surface area contributed by atoms with Gasteiger partial charge in [0, 0.05) is 18.7 Å². The van der Waals surface area contributed by atoms with Crippen LogP contribution in [0.1, 0.15) is 18.4 Å². The number of carbonyl (C=O) groups is 1. The summed E-state index contributed by atoms with van der Waals surface area (Å²) < 4.78 is 38.5. The van der Waals surface area contributed by atoms with Gasteiger partial charge < -0.3 is 19.7 Å². The number of hydrogen-bond donors (Lipinski definition) is 2. The Morgan fingerprint density at radius 1 is 1.03 bits per heavy atom. The molecule has 36 heavy (non-hydrogen) atoms. The molecule has 1 saturated carbocycles. The van der Waals surface area contributed by atoms with E-state index in [4.69, 9.17) is 9.47 Å². The van der Waals surface area contributed by atoms with E-state index < -0.39 is 15.4 Å². The molecule has 0 radical (unpaired) electrons. The molecule has 0 spiro atoms. The van der Waals surface area contributed by atoms with Gasteiger partial charge in [-0.15, -0.1) is 0 Å². The van der Waals surface area contributed by atoms with Crippen LogP contribution >= 0.6 is 0 Å². The van der Waals surface area contributed by atoms with Crippen LogP contribution in [-0.2, 0) is 20.2 Å². The Morgan fingerprint density at radius 2 is 1.78 bits per heavy atom. The summed E-state index contributed by atoms with van der Waals surface area (Å²) in [5.74, 6) is 1.67. The summed E-state index contributed by atoms with van der Waals surface area (Å²) in [4.78, 5) is 19.9. The van der Waals surface area contributed by atoms with Crippen molar-refractivity contribution in [3.8, 4) is 22.8 Å². The summed E-state index contributed by atoms with van der Waals surface area (Å²) >= 11 is 0. The van der Waals surface area contributed by atoms with Crippen molar-refractivity contribution in [2.75, 3.05) is 39.3 Å². The first-order valence-corrected chi connectivity index (χ1v) is 13.2. The van der Waals surface area contributed by atoms with E-state index in [1.165, 1.54) is 0 Å². The molecule has 2 aromatic carbocycles. The first kappa shape index (κ1) is 24.2. The normalized spacial score (nSPS) is 15.6. The molecule has 0 bridgehead atoms. The van der Waals surface area contributed by atoms with Crippen molar-refractivity contribution in [3.63, 3.8) is 0 Å². The Labute approximate surface area is 210 Å². The van der Waals surface area contributed by atoms with Crippen molar-refractivity contribution >= 4 is 21.7 Å². The molecule has 1 aromatic heterocycles. The molecule has 10 heteroatoms. The summed E-state index contributed by atoms with van der Waals surface area (Å²) in [5, 5.41) is 2.96. The van der Waals surface area contributed by atoms with Crippen LogP contribution in [0, 0.1) is 0 Å². The average Bonchev–Trinajstić information content (AvgIpc) is 3.55. The maximum absolute atomic E-state index is 13.2. The number of ether oxygens (including phenoxy) is 2. The Hall–Kier alpha value is -3.47. The maximum Gasteiger partial charge on any atom is 0.240 e. The van der Waals surface area contributed by atoms with Crippen LogP contribution in [-0.4, -0.2) is 58.2 Å². The van der Waals surface area contributed by atoms with Crippen LogP contribution in [0.3, 0.4) is 0 Å². The minimum Gasteiger partial charge on any atom is -0.454 e. The molecule has 5 rings (SSSR count). The lowest BCUT2D eigenvalue weighted by molar-refractivity contribution is -0.118. The first-order valence-electron chi connectivity index (χ1n) is 11.7. The summed E-state index contributed by atoms with van der Waals surface area (Å²) in [6.07, 6.45) is 1.49. The van der Waals surface area contributed by atoms with Gasteiger partial charge in [0.15, 0.2) is 11.5 Å². The summed E-state index contributed by atoms with van der Waals surface area (Å²) in [7, 11) is 0.177. The topological polar surface area (TPSA) is 110 Å². The lowest BCUT2D eigenvalue weighted by atomic mass is 9.94.